The first kappa shape index (κ1) is 32.3. The highest BCUT2D eigenvalue weighted by atomic mass is 79.9. The van der Waals surface area contributed by atoms with E-state index in [0.29, 0.717) is 5.41 Å². The zero-order valence-corrected chi connectivity index (χ0v) is 27.0. The minimum absolute atomic E-state index is 0. The molecule has 0 fully saturated rings. The fraction of sp³-hybridized carbons (Fsp3) is 0.389. The molecule has 3 rings (SSSR count). The third kappa shape index (κ3) is 8.27. The Morgan fingerprint density at radius 3 is 1.63 bits per heavy atom. The van der Waals surface area contributed by atoms with Gasteiger partial charge < -0.3 is 17.0 Å². The highest BCUT2D eigenvalue weighted by molar-refractivity contribution is 7.95. The van der Waals surface area contributed by atoms with E-state index in [0.717, 1.165) is 19.0 Å². The Kier molecular flexibility index (Phi) is 12.3. The molecular weight excluding hydrogens is 543 g/mol. The Morgan fingerprint density at radius 1 is 0.711 bits per heavy atom. The molecule has 2 heteroatoms. The number of allylic oxidation sites excluding steroid dienone is 2. The van der Waals surface area contributed by atoms with Crippen molar-refractivity contribution in [3.8, 4) is 0 Å². The van der Waals surface area contributed by atoms with Gasteiger partial charge in [-0.1, -0.05) is 122 Å². The zero-order chi connectivity index (χ0) is 26.9. The number of hydrogen-bond acceptors (Lipinski definition) is 0. The van der Waals surface area contributed by atoms with Crippen molar-refractivity contribution in [2.24, 2.45) is 10.8 Å². The van der Waals surface area contributed by atoms with Crippen LogP contribution in [0.3, 0.4) is 0 Å². The van der Waals surface area contributed by atoms with Crippen LogP contribution < -0.4 is 32.9 Å². The van der Waals surface area contributed by atoms with Crippen LogP contribution in [-0.4, -0.2) is 6.16 Å². The van der Waals surface area contributed by atoms with E-state index in [4.69, 9.17) is 0 Å². The molecule has 0 unspecified atom stereocenters. The number of benzene rings is 3. The van der Waals surface area contributed by atoms with Crippen LogP contribution in [0.5, 0.6) is 0 Å². The Morgan fingerprint density at radius 2 is 1.18 bits per heavy atom. The minimum atomic E-state index is -1.93. The fourth-order valence-corrected chi connectivity index (χ4v) is 9.34. The van der Waals surface area contributed by atoms with E-state index in [9.17, 15) is 0 Å². The van der Waals surface area contributed by atoms with E-state index in [1.165, 1.54) is 40.7 Å². The van der Waals surface area contributed by atoms with E-state index < -0.39 is 7.26 Å². The lowest BCUT2D eigenvalue weighted by molar-refractivity contribution is -0.00000867. The second kappa shape index (κ2) is 14.4. The van der Waals surface area contributed by atoms with Crippen molar-refractivity contribution in [3.05, 3.63) is 109 Å². The normalized spacial score (nSPS) is 12.6. The first-order chi connectivity index (χ1) is 17.7. The average Bonchev–Trinajstić information content (AvgIpc) is 2.92. The van der Waals surface area contributed by atoms with Gasteiger partial charge in [-0.25, -0.2) is 0 Å². The standard InChI is InChI=1S/C36H48P.BrH/c1-8-30-23-25-34(26-24-30)37(32-19-13-11-14-20-32,33-21-15-12-16-22-33)29-31(28-36(6,7)10-3)18-17-27-35(4,5)9-2;/h8,11-16,18-26H,1,9-10,17,27-29H2,2-7H3;1H/q+1;/p-1/b31-18-;. The van der Waals surface area contributed by atoms with Crippen molar-refractivity contribution in [1.82, 2.24) is 0 Å². The van der Waals surface area contributed by atoms with Crippen molar-refractivity contribution in [1.29, 1.82) is 0 Å². The van der Waals surface area contributed by atoms with Crippen LogP contribution in [0.1, 0.15) is 79.2 Å². The molecule has 0 atom stereocenters. The fourth-order valence-electron chi connectivity index (χ4n) is 5.03. The van der Waals surface area contributed by atoms with Crippen LogP contribution in [0.25, 0.3) is 6.08 Å². The third-order valence-electron chi connectivity index (χ3n) is 8.28. The molecule has 0 aromatic heterocycles. The minimum Gasteiger partial charge on any atom is -1.00 e. The van der Waals surface area contributed by atoms with E-state index in [-0.39, 0.29) is 22.4 Å². The maximum atomic E-state index is 4.00. The molecule has 0 radical (unpaired) electrons. The lowest BCUT2D eigenvalue weighted by atomic mass is 9.82. The summed E-state index contributed by atoms with van der Waals surface area (Å²) in [4.78, 5) is 0. The molecule has 0 saturated carbocycles. The van der Waals surface area contributed by atoms with E-state index in [1.807, 2.05) is 6.08 Å². The van der Waals surface area contributed by atoms with Crippen LogP contribution in [0.4, 0.5) is 0 Å². The first-order valence-electron chi connectivity index (χ1n) is 14.1. The lowest BCUT2D eigenvalue weighted by Crippen LogP contribution is -3.00. The van der Waals surface area contributed by atoms with Gasteiger partial charge in [0.05, 0.1) is 6.16 Å². The molecule has 0 bridgehead atoms. The summed E-state index contributed by atoms with van der Waals surface area (Å²) in [5.74, 6) is 0. The third-order valence-corrected chi connectivity index (χ3v) is 12.7. The van der Waals surface area contributed by atoms with Crippen LogP contribution in [0.15, 0.2) is 103 Å². The van der Waals surface area contributed by atoms with Gasteiger partial charge in [0.1, 0.15) is 23.2 Å². The zero-order valence-electron chi connectivity index (χ0n) is 24.5. The average molecular weight is 592 g/mol. The largest absolute Gasteiger partial charge is 1.00 e. The van der Waals surface area contributed by atoms with Gasteiger partial charge in [-0.3, -0.25) is 0 Å². The predicted octanol–water partition coefficient (Wildman–Crippen LogP) is 6.60. The molecule has 0 aliphatic heterocycles. The van der Waals surface area contributed by atoms with Gasteiger partial charge in [0.2, 0.25) is 0 Å². The van der Waals surface area contributed by atoms with E-state index in [1.54, 1.807) is 5.57 Å². The second-order valence-electron chi connectivity index (χ2n) is 12.0. The van der Waals surface area contributed by atoms with Gasteiger partial charge in [-0.15, -0.1) is 0 Å². The van der Waals surface area contributed by atoms with Crippen LogP contribution >= 0.6 is 7.26 Å². The van der Waals surface area contributed by atoms with Gasteiger partial charge in [0.25, 0.3) is 0 Å². The Bertz CT molecular complexity index is 1100. The SMILES string of the molecule is C=Cc1ccc([P+](C/C(=C\CCC(C)(C)CC)CC(C)(C)CC)(c2ccccc2)c2ccccc2)cc1.[Br-]. The molecule has 0 aliphatic carbocycles. The van der Waals surface area contributed by atoms with Crippen LogP contribution in [-0.2, 0) is 0 Å². The van der Waals surface area contributed by atoms with Gasteiger partial charge in [0, 0.05) is 0 Å². The van der Waals surface area contributed by atoms with E-state index in [2.05, 4.69) is 139 Å². The Labute approximate surface area is 244 Å². The summed E-state index contributed by atoms with van der Waals surface area (Å²) in [7, 11) is -1.93. The Balaban J connectivity index is 0.00000507. The maximum absolute atomic E-state index is 4.00. The van der Waals surface area contributed by atoms with Gasteiger partial charge in [-0.2, -0.15) is 0 Å². The molecule has 3 aromatic carbocycles. The monoisotopic (exact) mass is 590 g/mol. The van der Waals surface area contributed by atoms with Crippen molar-refractivity contribution >= 4 is 29.3 Å². The molecule has 3 aromatic rings. The van der Waals surface area contributed by atoms with E-state index >= 15 is 0 Å². The van der Waals surface area contributed by atoms with Crippen molar-refractivity contribution in [2.75, 3.05) is 6.16 Å². The predicted molar refractivity (Wildman–Crippen MR) is 170 cm³/mol. The van der Waals surface area contributed by atoms with Crippen molar-refractivity contribution in [3.63, 3.8) is 0 Å². The quantitative estimate of drug-likeness (QED) is 0.155. The summed E-state index contributed by atoms with van der Waals surface area (Å²) in [5, 5.41) is 4.37. The smallest absolute Gasteiger partial charge is 0.116 e. The van der Waals surface area contributed by atoms with Crippen molar-refractivity contribution < 1.29 is 17.0 Å². The van der Waals surface area contributed by atoms with Crippen LogP contribution in [0.2, 0.25) is 0 Å². The molecule has 0 aliphatic rings. The topological polar surface area (TPSA) is 0 Å². The maximum Gasteiger partial charge on any atom is 0.116 e. The summed E-state index contributed by atoms with van der Waals surface area (Å²) in [6.45, 7) is 18.3. The van der Waals surface area contributed by atoms with Gasteiger partial charge >= 0.3 is 0 Å². The molecular formula is C36H48BrP. The molecule has 0 N–H and O–H groups in total. The summed E-state index contributed by atoms with van der Waals surface area (Å²) in [6, 6.07) is 31.8. The summed E-state index contributed by atoms with van der Waals surface area (Å²) < 4.78 is 0. The van der Waals surface area contributed by atoms with Crippen molar-refractivity contribution in [2.45, 2.75) is 73.6 Å². The highest BCUT2D eigenvalue weighted by Gasteiger charge is 2.46. The summed E-state index contributed by atoms with van der Waals surface area (Å²) in [6.07, 6.45) is 11.6. The van der Waals surface area contributed by atoms with Gasteiger partial charge in [0.15, 0.2) is 0 Å². The summed E-state index contributed by atoms with van der Waals surface area (Å²) >= 11 is 0. The molecule has 0 amide bonds. The lowest BCUT2D eigenvalue weighted by Gasteiger charge is -2.32. The molecule has 0 spiro atoms. The Hall–Kier alpha value is -1.95. The van der Waals surface area contributed by atoms with Gasteiger partial charge in [-0.05, 0) is 77.6 Å². The second-order valence-corrected chi connectivity index (χ2v) is 15.5. The highest BCUT2D eigenvalue weighted by Crippen LogP contribution is 2.57. The molecule has 204 valence electrons. The molecule has 0 nitrogen and oxygen atoms in total. The molecule has 38 heavy (non-hydrogen) atoms. The first-order valence-corrected chi connectivity index (χ1v) is 16.0. The molecule has 0 saturated heterocycles. The number of halogens is 1. The number of rotatable bonds is 13. The summed E-state index contributed by atoms with van der Waals surface area (Å²) in [5.41, 5.74) is 3.45. The number of hydrogen-bond donors (Lipinski definition) is 0. The molecule has 0 heterocycles. The van der Waals surface area contributed by atoms with Crippen LogP contribution in [0, 0.1) is 10.8 Å².